The molecule has 1 aromatic carbocycles. The summed E-state index contributed by atoms with van der Waals surface area (Å²) in [5, 5.41) is 12.6. The second-order valence-electron chi connectivity index (χ2n) is 4.91. The molecule has 0 aliphatic heterocycles. The molecule has 0 heterocycles. The molecule has 2 atom stereocenters. The van der Waals surface area contributed by atoms with Gasteiger partial charge in [-0.15, -0.1) is 0 Å². The maximum Gasteiger partial charge on any atom is 0.255 e. The van der Waals surface area contributed by atoms with Crippen LogP contribution in [-0.2, 0) is 0 Å². The van der Waals surface area contributed by atoms with E-state index in [2.05, 4.69) is 5.32 Å². The maximum absolute atomic E-state index is 12.2. The van der Waals surface area contributed by atoms with Gasteiger partial charge in [-0.1, -0.05) is 12.8 Å². The Morgan fingerprint density at radius 1 is 1.42 bits per heavy atom. The van der Waals surface area contributed by atoms with E-state index < -0.39 is 0 Å². The van der Waals surface area contributed by atoms with Crippen LogP contribution in [0.4, 0.5) is 0 Å². The molecule has 0 unspecified atom stereocenters. The van der Waals surface area contributed by atoms with Crippen molar-refractivity contribution in [1.82, 2.24) is 5.32 Å². The number of carbonyl (C=O) groups excluding carboxylic acids is 1. The highest BCUT2D eigenvalue weighted by Crippen LogP contribution is 2.24. The van der Waals surface area contributed by atoms with E-state index in [0.29, 0.717) is 5.75 Å². The summed E-state index contributed by atoms with van der Waals surface area (Å²) in [5.41, 5.74) is 6.22. The number of phenolic OH excluding ortho intramolecular Hbond substituents is 1. The van der Waals surface area contributed by atoms with Crippen LogP contribution in [0.1, 0.15) is 36.0 Å². The van der Waals surface area contributed by atoms with E-state index in [1.54, 1.807) is 6.07 Å². The van der Waals surface area contributed by atoms with Gasteiger partial charge in [-0.05, 0) is 31.0 Å². The third kappa shape index (κ3) is 3.17. The number of aromatic hydroxyl groups is 1. The fourth-order valence-electron chi connectivity index (χ4n) is 2.41. The van der Waals surface area contributed by atoms with Gasteiger partial charge >= 0.3 is 0 Å². The summed E-state index contributed by atoms with van der Waals surface area (Å²) in [6.07, 6.45) is 3.99. The van der Waals surface area contributed by atoms with Crippen molar-refractivity contribution < 1.29 is 14.6 Å². The molecule has 1 amide bonds. The normalized spacial score (nSPS) is 22.8. The van der Waals surface area contributed by atoms with Gasteiger partial charge in [-0.25, -0.2) is 0 Å². The SMILES string of the molecule is COc1ccc(O)c(C(=O)N[C@@H]2CCCC[C@H]2N)c1. The Morgan fingerprint density at radius 3 is 2.84 bits per heavy atom. The zero-order valence-corrected chi connectivity index (χ0v) is 11.1. The van der Waals surface area contributed by atoms with Crippen molar-refractivity contribution in [3.63, 3.8) is 0 Å². The highest BCUT2D eigenvalue weighted by atomic mass is 16.5. The molecule has 5 nitrogen and oxygen atoms in total. The Morgan fingerprint density at radius 2 is 2.16 bits per heavy atom. The second kappa shape index (κ2) is 5.93. The van der Waals surface area contributed by atoms with Crippen molar-refractivity contribution in [2.45, 2.75) is 37.8 Å². The molecule has 1 fully saturated rings. The van der Waals surface area contributed by atoms with Crippen LogP contribution in [-0.4, -0.2) is 30.2 Å². The number of phenols is 1. The van der Waals surface area contributed by atoms with E-state index >= 15 is 0 Å². The predicted octanol–water partition coefficient (Wildman–Crippen LogP) is 1.40. The standard InChI is InChI=1S/C14H20N2O3/c1-19-9-6-7-13(17)10(8-9)14(18)16-12-5-3-2-4-11(12)15/h6-8,11-12,17H,2-5,15H2,1H3,(H,16,18)/t11-,12-/m1/s1. The van der Waals surface area contributed by atoms with E-state index in [1.807, 2.05) is 0 Å². The molecular weight excluding hydrogens is 244 g/mol. The lowest BCUT2D eigenvalue weighted by Crippen LogP contribution is -2.49. The second-order valence-corrected chi connectivity index (χ2v) is 4.91. The molecule has 104 valence electrons. The minimum absolute atomic E-state index is 0.00884. The van der Waals surface area contributed by atoms with E-state index in [1.165, 1.54) is 19.2 Å². The number of methoxy groups -OCH3 is 1. The van der Waals surface area contributed by atoms with Crippen molar-refractivity contribution >= 4 is 5.91 Å². The third-order valence-electron chi connectivity index (χ3n) is 3.58. The average molecular weight is 264 g/mol. The molecule has 1 aromatic rings. The van der Waals surface area contributed by atoms with E-state index in [4.69, 9.17) is 10.5 Å². The average Bonchev–Trinajstić information content (AvgIpc) is 2.42. The van der Waals surface area contributed by atoms with Crippen molar-refractivity contribution in [2.24, 2.45) is 5.73 Å². The number of hydrogen-bond donors (Lipinski definition) is 3. The monoisotopic (exact) mass is 264 g/mol. The maximum atomic E-state index is 12.2. The number of rotatable bonds is 3. The van der Waals surface area contributed by atoms with E-state index in [9.17, 15) is 9.90 Å². The van der Waals surface area contributed by atoms with Crippen LogP contribution in [0.25, 0.3) is 0 Å². The number of ether oxygens (including phenoxy) is 1. The molecule has 4 N–H and O–H groups in total. The molecule has 0 bridgehead atoms. The number of benzene rings is 1. The molecule has 1 saturated carbocycles. The Bertz CT molecular complexity index is 462. The first-order chi connectivity index (χ1) is 9.11. The number of hydrogen-bond acceptors (Lipinski definition) is 4. The molecule has 1 aliphatic rings. The fraction of sp³-hybridized carbons (Fsp3) is 0.500. The lowest BCUT2D eigenvalue weighted by Gasteiger charge is -2.29. The lowest BCUT2D eigenvalue weighted by molar-refractivity contribution is 0.0918. The van der Waals surface area contributed by atoms with Gasteiger partial charge in [0.2, 0.25) is 0 Å². The van der Waals surface area contributed by atoms with Crippen molar-refractivity contribution in [3.8, 4) is 11.5 Å². The first-order valence-corrected chi connectivity index (χ1v) is 6.55. The van der Waals surface area contributed by atoms with Crippen LogP contribution in [0.3, 0.4) is 0 Å². The molecule has 1 aliphatic carbocycles. The summed E-state index contributed by atoms with van der Waals surface area (Å²) >= 11 is 0. The molecule has 5 heteroatoms. The van der Waals surface area contributed by atoms with Crippen LogP contribution in [0.15, 0.2) is 18.2 Å². The Labute approximate surface area is 112 Å². The zero-order chi connectivity index (χ0) is 13.8. The van der Waals surface area contributed by atoms with Crippen LogP contribution in [0.2, 0.25) is 0 Å². The number of carbonyl (C=O) groups is 1. The van der Waals surface area contributed by atoms with Crippen LogP contribution in [0, 0.1) is 0 Å². The van der Waals surface area contributed by atoms with Crippen LogP contribution >= 0.6 is 0 Å². The number of amides is 1. The van der Waals surface area contributed by atoms with Gasteiger partial charge in [-0.3, -0.25) is 4.79 Å². The summed E-state index contributed by atoms with van der Waals surface area (Å²) in [5.74, 6) is 0.178. The third-order valence-corrected chi connectivity index (χ3v) is 3.58. The number of nitrogens with two attached hydrogens (primary N) is 1. The quantitative estimate of drug-likeness (QED) is 0.770. The van der Waals surface area contributed by atoms with Crippen molar-refractivity contribution in [2.75, 3.05) is 7.11 Å². The predicted molar refractivity (Wildman–Crippen MR) is 72.4 cm³/mol. The smallest absolute Gasteiger partial charge is 0.255 e. The van der Waals surface area contributed by atoms with Crippen LogP contribution in [0.5, 0.6) is 11.5 Å². The van der Waals surface area contributed by atoms with Gasteiger partial charge in [0.25, 0.3) is 5.91 Å². The lowest BCUT2D eigenvalue weighted by atomic mass is 9.91. The first-order valence-electron chi connectivity index (χ1n) is 6.55. The van der Waals surface area contributed by atoms with Crippen molar-refractivity contribution in [1.29, 1.82) is 0 Å². The molecule has 2 rings (SSSR count). The molecular formula is C14H20N2O3. The highest BCUT2D eigenvalue weighted by Gasteiger charge is 2.24. The zero-order valence-electron chi connectivity index (χ0n) is 11.1. The first kappa shape index (κ1) is 13.7. The minimum atomic E-state index is -0.307. The van der Waals surface area contributed by atoms with Gasteiger partial charge in [-0.2, -0.15) is 0 Å². The van der Waals surface area contributed by atoms with Crippen molar-refractivity contribution in [3.05, 3.63) is 23.8 Å². The van der Waals surface area contributed by atoms with E-state index in [-0.39, 0.29) is 29.3 Å². The van der Waals surface area contributed by atoms with E-state index in [0.717, 1.165) is 25.7 Å². The summed E-state index contributed by atoms with van der Waals surface area (Å²) in [6, 6.07) is 4.56. The van der Waals surface area contributed by atoms with Gasteiger partial charge in [0.1, 0.15) is 11.5 Å². The Kier molecular flexibility index (Phi) is 4.27. The number of nitrogens with one attached hydrogen (secondary N) is 1. The molecule has 19 heavy (non-hydrogen) atoms. The van der Waals surface area contributed by atoms with Gasteiger partial charge < -0.3 is 20.9 Å². The fourth-order valence-corrected chi connectivity index (χ4v) is 2.41. The Hall–Kier alpha value is -1.75. The molecule has 0 aromatic heterocycles. The Balaban J connectivity index is 2.10. The molecule has 0 radical (unpaired) electrons. The highest BCUT2D eigenvalue weighted by molar-refractivity contribution is 5.97. The summed E-state index contributed by atoms with van der Waals surface area (Å²) in [4.78, 5) is 12.2. The van der Waals surface area contributed by atoms with Crippen LogP contribution < -0.4 is 15.8 Å². The summed E-state index contributed by atoms with van der Waals surface area (Å²) in [6.45, 7) is 0. The minimum Gasteiger partial charge on any atom is -0.507 e. The topological polar surface area (TPSA) is 84.6 Å². The largest absolute Gasteiger partial charge is 0.507 e. The van der Waals surface area contributed by atoms with Gasteiger partial charge in [0.05, 0.1) is 12.7 Å². The van der Waals surface area contributed by atoms with Gasteiger partial charge in [0.15, 0.2) is 0 Å². The molecule has 0 spiro atoms. The summed E-state index contributed by atoms with van der Waals surface area (Å²) < 4.78 is 5.06. The van der Waals surface area contributed by atoms with Gasteiger partial charge in [0, 0.05) is 12.1 Å². The summed E-state index contributed by atoms with van der Waals surface area (Å²) in [7, 11) is 1.52. The molecule has 0 saturated heterocycles.